The van der Waals surface area contributed by atoms with Crippen LogP contribution >= 0.6 is 0 Å². The number of halogens is 1. The minimum absolute atomic E-state index is 0.186. The zero-order chi connectivity index (χ0) is 18.1. The molecular formula is C21H20FN3O. The summed E-state index contributed by atoms with van der Waals surface area (Å²) in [6.45, 7) is 1.89. The molecule has 1 unspecified atom stereocenters. The van der Waals surface area contributed by atoms with Crippen LogP contribution in [0.15, 0.2) is 54.6 Å². The summed E-state index contributed by atoms with van der Waals surface area (Å²) >= 11 is 0. The lowest BCUT2D eigenvalue weighted by atomic mass is 10.1. The molecule has 1 aliphatic rings. The molecule has 0 saturated heterocycles. The normalized spacial score (nSPS) is 14.1. The van der Waals surface area contributed by atoms with Crippen LogP contribution in [0.3, 0.4) is 0 Å². The SMILES string of the molecule is CC(NC(=O)c1nn(-c2ccccc2)c2c1CCC2)c1ccc(F)cc1. The molecule has 0 radical (unpaired) electrons. The average Bonchev–Trinajstić information content (AvgIpc) is 3.25. The highest BCUT2D eigenvalue weighted by molar-refractivity contribution is 5.94. The first kappa shape index (κ1) is 16.5. The maximum Gasteiger partial charge on any atom is 0.272 e. The van der Waals surface area contributed by atoms with Crippen LogP contribution in [-0.4, -0.2) is 15.7 Å². The van der Waals surface area contributed by atoms with Gasteiger partial charge in [-0.2, -0.15) is 5.10 Å². The third-order valence-electron chi connectivity index (χ3n) is 4.86. The molecule has 3 aromatic rings. The summed E-state index contributed by atoms with van der Waals surface area (Å²) in [5, 5.41) is 7.60. The first-order valence-corrected chi connectivity index (χ1v) is 8.86. The number of rotatable bonds is 4. The Bertz CT molecular complexity index is 932. The molecule has 132 valence electrons. The van der Waals surface area contributed by atoms with Gasteiger partial charge in [-0.1, -0.05) is 30.3 Å². The van der Waals surface area contributed by atoms with Gasteiger partial charge in [0.05, 0.1) is 11.7 Å². The molecule has 0 fully saturated rings. The molecule has 1 heterocycles. The van der Waals surface area contributed by atoms with Crippen LogP contribution in [0.5, 0.6) is 0 Å². The fourth-order valence-electron chi connectivity index (χ4n) is 3.50. The number of nitrogens with one attached hydrogen (secondary N) is 1. The molecule has 1 atom stereocenters. The zero-order valence-electron chi connectivity index (χ0n) is 14.6. The van der Waals surface area contributed by atoms with Gasteiger partial charge in [-0.3, -0.25) is 4.79 Å². The minimum atomic E-state index is -0.285. The Morgan fingerprint density at radius 3 is 2.58 bits per heavy atom. The van der Waals surface area contributed by atoms with Gasteiger partial charge in [0, 0.05) is 11.3 Å². The molecule has 4 rings (SSSR count). The van der Waals surface area contributed by atoms with E-state index in [-0.39, 0.29) is 17.8 Å². The first-order valence-electron chi connectivity index (χ1n) is 8.86. The van der Waals surface area contributed by atoms with Crippen molar-refractivity contribution in [1.29, 1.82) is 0 Å². The lowest BCUT2D eigenvalue weighted by molar-refractivity contribution is 0.0933. The predicted molar refractivity (Wildman–Crippen MR) is 97.9 cm³/mol. The second kappa shape index (κ2) is 6.75. The van der Waals surface area contributed by atoms with Gasteiger partial charge in [0.15, 0.2) is 5.69 Å². The van der Waals surface area contributed by atoms with Crippen LogP contribution in [0, 0.1) is 5.82 Å². The van der Waals surface area contributed by atoms with Crippen LogP contribution < -0.4 is 5.32 Å². The number of aromatic nitrogens is 2. The lowest BCUT2D eigenvalue weighted by Crippen LogP contribution is -2.28. The van der Waals surface area contributed by atoms with Crippen molar-refractivity contribution in [3.63, 3.8) is 0 Å². The minimum Gasteiger partial charge on any atom is -0.344 e. The van der Waals surface area contributed by atoms with Crippen molar-refractivity contribution in [3.8, 4) is 5.69 Å². The van der Waals surface area contributed by atoms with Crippen molar-refractivity contribution in [2.24, 2.45) is 0 Å². The number of amides is 1. The molecule has 1 amide bonds. The third kappa shape index (κ3) is 3.01. The van der Waals surface area contributed by atoms with Crippen molar-refractivity contribution in [2.45, 2.75) is 32.2 Å². The number of hydrogen-bond acceptors (Lipinski definition) is 2. The van der Waals surface area contributed by atoms with Gasteiger partial charge in [0.1, 0.15) is 5.82 Å². The number of carbonyl (C=O) groups excluding carboxylic acids is 1. The Hall–Kier alpha value is -2.95. The number of nitrogens with zero attached hydrogens (tertiary/aromatic N) is 2. The highest BCUT2D eigenvalue weighted by Crippen LogP contribution is 2.28. The topological polar surface area (TPSA) is 46.9 Å². The highest BCUT2D eigenvalue weighted by Gasteiger charge is 2.27. The number of hydrogen-bond donors (Lipinski definition) is 1. The molecule has 0 bridgehead atoms. The van der Waals surface area contributed by atoms with E-state index in [1.165, 1.54) is 12.1 Å². The van der Waals surface area contributed by atoms with Gasteiger partial charge >= 0.3 is 0 Å². The van der Waals surface area contributed by atoms with E-state index in [2.05, 4.69) is 10.4 Å². The summed E-state index contributed by atoms with van der Waals surface area (Å²) in [7, 11) is 0. The van der Waals surface area contributed by atoms with E-state index < -0.39 is 0 Å². The van der Waals surface area contributed by atoms with Gasteiger partial charge in [-0.25, -0.2) is 9.07 Å². The molecule has 1 aromatic heterocycles. The third-order valence-corrected chi connectivity index (χ3v) is 4.86. The maximum absolute atomic E-state index is 13.1. The molecule has 2 aromatic carbocycles. The molecule has 1 aliphatic carbocycles. The zero-order valence-corrected chi connectivity index (χ0v) is 14.6. The van der Waals surface area contributed by atoms with E-state index in [0.29, 0.717) is 5.69 Å². The molecule has 4 nitrogen and oxygen atoms in total. The van der Waals surface area contributed by atoms with Crippen LogP contribution in [0.2, 0.25) is 0 Å². The second-order valence-electron chi connectivity index (χ2n) is 6.62. The van der Waals surface area contributed by atoms with Gasteiger partial charge in [-0.15, -0.1) is 0 Å². The number of carbonyl (C=O) groups is 1. The standard InChI is InChI=1S/C21H20FN3O/c1-14(15-10-12-16(22)13-11-15)23-21(26)20-18-8-5-9-19(18)25(24-20)17-6-3-2-4-7-17/h2-4,6-7,10-14H,5,8-9H2,1H3,(H,23,26). The lowest BCUT2D eigenvalue weighted by Gasteiger charge is -2.14. The quantitative estimate of drug-likeness (QED) is 0.774. The van der Waals surface area contributed by atoms with E-state index in [0.717, 1.165) is 41.8 Å². The first-order chi connectivity index (χ1) is 12.6. The average molecular weight is 349 g/mol. The molecule has 26 heavy (non-hydrogen) atoms. The van der Waals surface area contributed by atoms with E-state index >= 15 is 0 Å². The van der Waals surface area contributed by atoms with Crippen LogP contribution in [0.25, 0.3) is 5.69 Å². The van der Waals surface area contributed by atoms with Crippen LogP contribution in [-0.2, 0) is 12.8 Å². The second-order valence-corrected chi connectivity index (χ2v) is 6.62. The van der Waals surface area contributed by atoms with Crippen LogP contribution in [0.1, 0.15) is 46.7 Å². The fraction of sp³-hybridized carbons (Fsp3) is 0.238. The molecule has 5 heteroatoms. The Morgan fingerprint density at radius 1 is 1.12 bits per heavy atom. The Labute approximate surface area is 151 Å². The molecule has 0 saturated carbocycles. The van der Waals surface area contributed by atoms with E-state index in [9.17, 15) is 9.18 Å². The van der Waals surface area contributed by atoms with Gasteiger partial charge < -0.3 is 5.32 Å². The Kier molecular flexibility index (Phi) is 4.29. The van der Waals surface area contributed by atoms with Crippen molar-refractivity contribution < 1.29 is 9.18 Å². The summed E-state index contributed by atoms with van der Waals surface area (Å²) in [6, 6.07) is 15.8. The number of fused-ring (bicyclic) bond motifs is 1. The molecule has 0 spiro atoms. The van der Waals surface area contributed by atoms with Gasteiger partial charge in [0.25, 0.3) is 5.91 Å². The fourth-order valence-corrected chi connectivity index (χ4v) is 3.50. The smallest absolute Gasteiger partial charge is 0.272 e. The maximum atomic E-state index is 13.1. The monoisotopic (exact) mass is 349 g/mol. The summed E-state index contributed by atoms with van der Waals surface area (Å²) < 4.78 is 15.0. The van der Waals surface area contributed by atoms with Gasteiger partial charge in [0.2, 0.25) is 0 Å². The van der Waals surface area contributed by atoms with Crippen molar-refractivity contribution >= 4 is 5.91 Å². The number of benzene rings is 2. The van der Waals surface area contributed by atoms with Crippen molar-refractivity contribution in [1.82, 2.24) is 15.1 Å². The summed E-state index contributed by atoms with van der Waals surface area (Å²) in [5.41, 5.74) is 4.49. The predicted octanol–water partition coefficient (Wildman–Crippen LogP) is 3.99. The highest BCUT2D eigenvalue weighted by atomic mass is 19.1. The van der Waals surface area contributed by atoms with Crippen molar-refractivity contribution in [3.05, 3.63) is 82.9 Å². The van der Waals surface area contributed by atoms with Crippen molar-refractivity contribution in [2.75, 3.05) is 0 Å². The Balaban J connectivity index is 1.61. The molecule has 1 N–H and O–H groups in total. The molecule has 0 aliphatic heterocycles. The van der Waals surface area contributed by atoms with Crippen LogP contribution in [0.4, 0.5) is 4.39 Å². The van der Waals surface area contributed by atoms with E-state index in [1.807, 2.05) is 41.9 Å². The van der Waals surface area contributed by atoms with E-state index in [1.54, 1.807) is 12.1 Å². The van der Waals surface area contributed by atoms with Gasteiger partial charge in [-0.05, 0) is 56.0 Å². The Morgan fingerprint density at radius 2 is 1.85 bits per heavy atom. The number of para-hydroxylation sites is 1. The largest absolute Gasteiger partial charge is 0.344 e. The summed E-state index contributed by atoms with van der Waals surface area (Å²) in [4.78, 5) is 12.8. The summed E-state index contributed by atoms with van der Waals surface area (Å²) in [6.07, 6.45) is 2.84. The molecular weight excluding hydrogens is 329 g/mol. The van der Waals surface area contributed by atoms with E-state index in [4.69, 9.17) is 0 Å². The summed E-state index contributed by atoms with van der Waals surface area (Å²) in [5.74, 6) is -0.471.